The molecule has 3 heterocycles. The molecule has 2 aromatic heterocycles. The number of amides is 1. The average Bonchev–Trinajstić information content (AvgIpc) is 3.05. The van der Waals surface area contributed by atoms with E-state index in [2.05, 4.69) is 15.0 Å². The highest BCUT2D eigenvalue weighted by atomic mass is 35.5. The summed E-state index contributed by atoms with van der Waals surface area (Å²) in [7, 11) is 0. The second-order valence-electron chi connectivity index (χ2n) is 7.37. The quantitative estimate of drug-likeness (QED) is 0.570. The van der Waals surface area contributed by atoms with E-state index in [0.29, 0.717) is 42.3 Å². The van der Waals surface area contributed by atoms with Crippen LogP contribution in [0.25, 0.3) is 5.65 Å². The zero-order valence-corrected chi connectivity index (χ0v) is 18.0. The number of aryl methyl sites for hydroxylation is 1. The maximum Gasteiger partial charge on any atom is 0.433 e. The Labute approximate surface area is 186 Å². The Morgan fingerprint density at radius 3 is 2.35 bits per heavy atom. The predicted octanol–water partition coefficient (Wildman–Crippen LogP) is 4.32. The van der Waals surface area contributed by atoms with Crippen molar-refractivity contribution in [3.05, 3.63) is 63.0 Å². The Morgan fingerprint density at radius 1 is 1.10 bits per heavy atom. The lowest BCUT2D eigenvalue weighted by Gasteiger charge is -2.34. The molecule has 1 aromatic carbocycles. The lowest BCUT2D eigenvalue weighted by Crippen LogP contribution is -2.48. The number of nitrogens with zero attached hydrogens (tertiary/aromatic N) is 5. The van der Waals surface area contributed by atoms with E-state index in [0.717, 1.165) is 11.6 Å². The van der Waals surface area contributed by atoms with Crippen LogP contribution in [0.15, 0.2) is 30.3 Å². The normalized spacial score (nSPS) is 15.6. The van der Waals surface area contributed by atoms with Crippen LogP contribution < -0.4 is 0 Å². The predicted molar refractivity (Wildman–Crippen MR) is 110 cm³/mol. The van der Waals surface area contributed by atoms with Gasteiger partial charge in [0.25, 0.3) is 5.91 Å². The van der Waals surface area contributed by atoms with Gasteiger partial charge in [0.2, 0.25) is 0 Å². The molecule has 0 spiro atoms. The van der Waals surface area contributed by atoms with Crippen molar-refractivity contribution < 1.29 is 18.0 Å². The van der Waals surface area contributed by atoms with Gasteiger partial charge in [0.1, 0.15) is 10.7 Å². The van der Waals surface area contributed by atoms with E-state index >= 15 is 0 Å². The molecule has 0 unspecified atom stereocenters. The minimum Gasteiger partial charge on any atom is -0.335 e. The third kappa shape index (κ3) is 4.49. The Balaban J connectivity index is 1.51. The number of hydrogen-bond acceptors (Lipinski definition) is 4. The molecule has 1 aliphatic heterocycles. The summed E-state index contributed by atoms with van der Waals surface area (Å²) >= 11 is 12.1. The van der Waals surface area contributed by atoms with Crippen molar-refractivity contribution in [3.8, 4) is 0 Å². The third-order valence-electron chi connectivity index (χ3n) is 5.13. The van der Waals surface area contributed by atoms with Gasteiger partial charge in [0.15, 0.2) is 11.3 Å². The summed E-state index contributed by atoms with van der Waals surface area (Å²) in [4.78, 5) is 20.7. The van der Waals surface area contributed by atoms with E-state index < -0.39 is 17.8 Å². The summed E-state index contributed by atoms with van der Waals surface area (Å²) in [6, 6.07) is 8.42. The summed E-state index contributed by atoms with van der Waals surface area (Å²) in [6.07, 6.45) is -4.66. The van der Waals surface area contributed by atoms with Crippen molar-refractivity contribution in [2.75, 3.05) is 26.2 Å². The molecule has 11 heteroatoms. The molecule has 0 radical (unpaired) electrons. The molecule has 164 valence electrons. The van der Waals surface area contributed by atoms with Gasteiger partial charge < -0.3 is 4.90 Å². The zero-order valence-electron chi connectivity index (χ0n) is 16.5. The third-order valence-corrected chi connectivity index (χ3v) is 5.73. The maximum atomic E-state index is 13.4. The first-order valence-corrected chi connectivity index (χ1v) is 10.3. The van der Waals surface area contributed by atoms with Gasteiger partial charge in [-0.2, -0.15) is 18.3 Å². The highest BCUT2D eigenvalue weighted by molar-refractivity contribution is 6.36. The molecule has 0 saturated carbocycles. The van der Waals surface area contributed by atoms with E-state index in [4.69, 9.17) is 23.2 Å². The number of fused-ring (bicyclic) bond motifs is 1. The van der Waals surface area contributed by atoms with Crippen LogP contribution in [0.3, 0.4) is 0 Å². The Bertz CT molecular complexity index is 1120. The molecule has 0 aliphatic carbocycles. The maximum absolute atomic E-state index is 13.4. The van der Waals surface area contributed by atoms with Crippen molar-refractivity contribution in [3.63, 3.8) is 0 Å². The summed E-state index contributed by atoms with van der Waals surface area (Å²) in [5, 5.41) is 4.37. The molecule has 1 saturated heterocycles. The number of halogens is 5. The monoisotopic (exact) mass is 471 g/mol. The fourth-order valence-corrected chi connectivity index (χ4v) is 3.93. The van der Waals surface area contributed by atoms with Crippen LogP contribution in [-0.2, 0) is 12.7 Å². The van der Waals surface area contributed by atoms with E-state index in [9.17, 15) is 18.0 Å². The van der Waals surface area contributed by atoms with Crippen LogP contribution in [-0.4, -0.2) is 56.5 Å². The molecule has 31 heavy (non-hydrogen) atoms. The molecule has 1 fully saturated rings. The lowest BCUT2D eigenvalue weighted by atomic mass is 10.2. The molecule has 3 aromatic rings. The second-order valence-corrected chi connectivity index (χ2v) is 8.19. The number of carbonyl (C=O) groups excluding carboxylic acids is 1. The SMILES string of the molecule is Cc1cc(C(F)(F)F)n2nc(C(=O)N3CCN(Cc4ccc(Cl)cc4)CC3)c(Cl)c2n1. The topological polar surface area (TPSA) is 53.7 Å². The number of piperazine rings is 1. The second kappa shape index (κ2) is 8.29. The van der Waals surface area contributed by atoms with Crippen LogP contribution in [0.2, 0.25) is 10.0 Å². The van der Waals surface area contributed by atoms with E-state index in [1.54, 1.807) is 4.90 Å². The molecule has 6 nitrogen and oxygen atoms in total. The summed E-state index contributed by atoms with van der Waals surface area (Å²) in [6.45, 7) is 4.20. The Kier molecular flexibility index (Phi) is 5.85. The number of benzene rings is 1. The van der Waals surface area contributed by atoms with Gasteiger partial charge in [-0.15, -0.1) is 0 Å². The highest BCUT2D eigenvalue weighted by Gasteiger charge is 2.37. The van der Waals surface area contributed by atoms with Gasteiger partial charge in [0, 0.05) is 43.4 Å². The molecule has 0 bridgehead atoms. The number of alkyl halides is 3. The Hall–Kier alpha value is -2.36. The summed E-state index contributed by atoms with van der Waals surface area (Å²) in [5.74, 6) is -0.507. The zero-order chi connectivity index (χ0) is 22.3. The van der Waals surface area contributed by atoms with E-state index in [1.165, 1.54) is 6.92 Å². The van der Waals surface area contributed by atoms with Crippen LogP contribution in [0.4, 0.5) is 13.2 Å². The minimum absolute atomic E-state index is 0.136. The standard InChI is InChI=1S/C20H18Cl2F3N5O/c1-12-10-15(20(23,24)25)30-18(26-12)16(22)17(27-30)19(31)29-8-6-28(7-9-29)11-13-2-4-14(21)5-3-13/h2-5,10H,6-9,11H2,1H3. The van der Waals surface area contributed by atoms with Crippen LogP contribution in [0.5, 0.6) is 0 Å². The highest BCUT2D eigenvalue weighted by Crippen LogP contribution is 2.32. The van der Waals surface area contributed by atoms with E-state index in [1.807, 2.05) is 24.3 Å². The van der Waals surface area contributed by atoms with Gasteiger partial charge in [-0.25, -0.2) is 9.50 Å². The summed E-state index contributed by atoms with van der Waals surface area (Å²) in [5.41, 5.74) is -0.191. The number of hydrogen-bond donors (Lipinski definition) is 0. The van der Waals surface area contributed by atoms with Gasteiger partial charge in [-0.05, 0) is 30.7 Å². The van der Waals surface area contributed by atoms with Gasteiger partial charge >= 0.3 is 6.18 Å². The van der Waals surface area contributed by atoms with Gasteiger partial charge in [0.05, 0.1) is 0 Å². The molecule has 0 atom stereocenters. The molecule has 0 N–H and O–H groups in total. The molecule has 1 aliphatic rings. The van der Waals surface area contributed by atoms with Crippen molar-refractivity contribution in [2.24, 2.45) is 0 Å². The average molecular weight is 472 g/mol. The molecular formula is C20H18Cl2F3N5O. The molecule has 4 rings (SSSR count). The van der Waals surface area contributed by atoms with Crippen LogP contribution in [0.1, 0.15) is 27.4 Å². The minimum atomic E-state index is -4.66. The fraction of sp³-hybridized carbons (Fsp3) is 0.350. The number of rotatable bonds is 3. The van der Waals surface area contributed by atoms with Crippen LogP contribution in [0, 0.1) is 6.92 Å². The van der Waals surface area contributed by atoms with Gasteiger partial charge in [-0.1, -0.05) is 35.3 Å². The first-order valence-electron chi connectivity index (χ1n) is 9.52. The van der Waals surface area contributed by atoms with Crippen molar-refractivity contribution in [1.82, 2.24) is 24.4 Å². The molecular weight excluding hydrogens is 454 g/mol. The van der Waals surface area contributed by atoms with Crippen molar-refractivity contribution in [1.29, 1.82) is 0 Å². The fourth-order valence-electron chi connectivity index (χ4n) is 3.56. The summed E-state index contributed by atoms with van der Waals surface area (Å²) < 4.78 is 40.8. The largest absolute Gasteiger partial charge is 0.433 e. The van der Waals surface area contributed by atoms with Crippen molar-refractivity contribution in [2.45, 2.75) is 19.6 Å². The lowest BCUT2D eigenvalue weighted by molar-refractivity contribution is -0.142. The first kappa shape index (κ1) is 21.9. The number of carbonyl (C=O) groups is 1. The Morgan fingerprint density at radius 2 is 1.74 bits per heavy atom. The van der Waals surface area contributed by atoms with Crippen LogP contribution >= 0.6 is 23.2 Å². The number of aromatic nitrogens is 3. The smallest absolute Gasteiger partial charge is 0.335 e. The van der Waals surface area contributed by atoms with Gasteiger partial charge in [-0.3, -0.25) is 9.69 Å². The van der Waals surface area contributed by atoms with E-state index in [-0.39, 0.29) is 22.1 Å². The van der Waals surface area contributed by atoms with Crippen molar-refractivity contribution >= 4 is 34.8 Å². The first-order chi connectivity index (χ1) is 14.6. The molecule has 1 amide bonds.